The van der Waals surface area contributed by atoms with Gasteiger partial charge in [0.2, 0.25) is 5.78 Å². The highest BCUT2D eigenvalue weighted by Gasteiger charge is 2.21. The molecule has 2 aromatic rings. The second-order valence-electron chi connectivity index (χ2n) is 4.74. The first-order valence-electron chi connectivity index (χ1n) is 6.43. The summed E-state index contributed by atoms with van der Waals surface area (Å²) in [4.78, 5) is 23.9. The zero-order chi connectivity index (χ0) is 16.3. The van der Waals surface area contributed by atoms with Crippen molar-refractivity contribution < 1.29 is 19.1 Å². The molecular formula is C16H13ClFNO3. The molecule has 4 nitrogen and oxygen atoms in total. The molecule has 0 saturated carbocycles. The Morgan fingerprint density at radius 3 is 2.55 bits per heavy atom. The van der Waals surface area contributed by atoms with Crippen LogP contribution in [0.25, 0.3) is 0 Å². The number of ketones is 1. The number of carbonyl (C=O) groups is 2. The predicted molar refractivity (Wildman–Crippen MR) is 80.4 cm³/mol. The van der Waals surface area contributed by atoms with Crippen LogP contribution in [0.3, 0.4) is 0 Å². The molecule has 0 heterocycles. The van der Waals surface area contributed by atoms with E-state index in [1.165, 1.54) is 12.1 Å². The van der Waals surface area contributed by atoms with Crippen molar-refractivity contribution in [2.75, 3.05) is 0 Å². The molecule has 6 heteroatoms. The van der Waals surface area contributed by atoms with Gasteiger partial charge in [0.05, 0.1) is 5.02 Å². The number of aliphatic hydroxyl groups excluding tert-OH is 1. The van der Waals surface area contributed by atoms with Gasteiger partial charge < -0.3 is 10.4 Å². The van der Waals surface area contributed by atoms with Crippen LogP contribution < -0.4 is 5.32 Å². The summed E-state index contributed by atoms with van der Waals surface area (Å²) in [6.07, 6.45) is -1.77. The molecule has 0 spiro atoms. The molecule has 0 radical (unpaired) electrons. The van der Waals surface area contributed by atoms with Crippen LogP contribution in [0.1, 0.15) is 26.3 Å². The van der Waals surface area contributed by atoms with Crippen molar-refractivity contribution in [1.82, 2.24) is 5.32 Å². The molecule has 0 saturated heterocycles. The molecule has 0 aromatic heterocycles. The van der Waals surface area contributed by atoms with E-state index in [2.05, 4.69) is 5.32 Å². The third kappa shape index (κ3) is 3.69. The molecular weight excluding hydrogens is 309 g/mol. The molecule has 1 atom stereocenters. The van der Waals surface area contributed by atoms with Crippen LogP contribution in [0, 0.1) is 12.7 Å². The van der Waals surface area contributed by atoms with Crippen LogP contribution >= 0.6 is 11.6 Å². The van der Waals surface area contributed by atoms with Crippen molar-refractivity contribution in [2.45, 2.75) is 13.2 Å². The maximum absolute atomic E-state index is 13.3. The standard InChI is InChI=1S/C16H13ClFNO3/c1-9-3-2-4-11(7-9)15(21)19-16(22)14(20)10-5-6-12(17)13(18)8-10/h2-8,16,22H,1H3,(H,19,21). The van der Waals surface area contributed by atoms with Gasteiger partial charge in [0.15, 0.2) is 6.23 Å². The number of Topliss-reactive ketones (excluding diaryl/α,β-unsaturated/α-hetero) is 1. The van der Waals surface area contributed by atoms with Gasteiger partial charge in [-0.05, 0) is 37.3 Å². The Kier molecular flexibility index (Phi) is 4.90. The number of hydrogen-bond acceptors (Lipinski definition) is 3. The summed E-state index contributed by atoms with van der Waals surface area (Å²) in [7, 11) is 0. The number of aryl methyl sites for hydroxylation is 1. The fourth-order valence-electron chi connectivity index (χ4n) is 1.87. The average Bonchev–Trinajstić information content (AvgIpc) is 2.49. The van der Waals surface area contributed by atoms with E-state index in [1.54, 1.807) is 18.2 Å². The summed E-state index contributed by atoms with van der Waals surface area (Å²) in [5.74, 6) is -2.19. The van der Waals surface area contributed by atoms with E-state index in [-0.39, 0.29) is 10.6 Å². The van der Waals surface area contributed by atoms with Crippen LogP contribution in [-0.2, 0) is 0 Å². The Morgan fingerprint density at radius 1 is 1.18 bits per heavy atom. The monoisotopic (exact) mass is 321 g/mol. The van der Waals surface area contributed by atoms with Gasteiger partial charge in [-0.15, -0.1) is 0 Å². The number of aliphatic hydroxyl groups is 1. The Balaban J connectivity index is 2.11. The normalized spacial score (nSPS) is 11.8. The lowest BCUT2D eigenvalue weighted by atomic mass is 10.1. The van der Waals surface area contributed by atoms with Crippen molar-refractivity contribution in [2.24, 2.45) is 0 Å². The zero-order valence-corrected chi connectivity index (χ0v) is 12.4. The molecule has 0 aliphatic carbocycles. The number of halogens is 2. The third-order valence-electron chi connectivity index (χ3n) is 3.00. The molecule has 1 amide bonds. The van der Waals surface area contributed by atoms with Crippen LogP contribution in [-0.4, -0.2) is 23.0 Å². The molecule has 2 rings (SSSR count). The van der Waals surface area contributed by atoms with E-state index < -0.39 is 23.7 Å². The minimum atomic E-state index is -1.77. The summed E-state index contributed by atoms with van der Waals surface area (Å²) in [6, 6.07) is 10.1. The van der Waals surface area contributed by atoms with E-state index in [0.717, 1.165) is 11.6 Å². The predicted octanol–water partition coefficient (Wildman–Crippen LogP) is 2.72. The smallest absolute Gasteiger partial charge is 0.253 e. The number of rotatable bonds is 4. The second kappa shape index (κ2) is 6.68. The van der Waals surface area contributed by atoms with E-state index in [4.69, 9.17) is 11.6 Å². The first-order chi connectivity index (χ1) is 10.4. The van der Waals surface area contributed by atoms with Gasteiger partial charge in [-0.3, -0.25) is 9.59 Å². The Morgan fingerprint density at radius 2 is 1.91 bits per heavy atom. The number of benzene rings is 2. The fourth-order valence-corrected chi connectivity index (χ4v) is 1.98. The van der Waals surface area contributed by atoms with Gasteiger partial charge in [0, 0.05) is 11.1 Å². The molecule has 0 fully saturated rings. The van der Waals surface area contributed by atoms with Gasteiger partial charge in [-0.2, -0.15) is 0 Å². The number of nitrogens with one attached hydrogen (secondary N) is 1. The van der Waals surface area contributed by atoms with E-state index >= 15 is 0 Å². The van der Waals surface area contributed by atoms with Gasteiger partial charge >= 0.3 is 0 Å². The summed E-state index contributed by atoms with van der Waals surface area (Å²) >= 11 is 5.53. The quantitative estimate of drug-likeness (QED) is 0.672. The highest BCUT2D eigenvalue weighted by molar-refractivity contribution is 6.30. The van der Waals surface area contributed by atoms with Crippen LogP contribution in [0.5, 0.6) is 0 Å². The minimum Gasteiger partial charge on any atom is -0.367 e. The van der Waals surface area contributed by atoms with Crippen LogP contribution in [0.2, 0.25) is 5.02 Å². The Hall–Kier alpha value is -2.24. The summed E-state index contributed by atoms with van der Waals surface area (Å²) in [5, 5.41) is 11.8. The number of hydrogen-bond donors (Lipinski definition) is 2. The van der Waals surface area contributed by atoms with Crippen molar-refractivity contribution in [3.05, 3.63) is 70.0 Å². The molecule has 1 unspecified atom stereocenters. The topological polar surface area (TPSA) is 66.4 Å². The largest absolute Gasteiger partial charge is 0.367 e. The maximum Gasteiger partial charge on any atom is 0.253 e. The Labute approximate surface area is 131 Å². The second-order valence-corrected chi connectivity index (χ2v) is 5.15. The third-order valence-corrected chi connectivity index (χ3v) is 3.31. The molecule has 2 N–H and O–H groups in total. The highest BCUT2D eigenvalue weighted by atomic mass is 35.5. The minimum absolute atomic E-state index is 0.0843. The van der Waals surface area contributed by atoms with Crippen molar-refractivity contribution in [3.8, 4) is 0 Å². The van der Waals surface area contributed by atoms with Gasteiger partial charge in [-0.25, -0.2) is 4.39 Å². The van der Waals surface area contributed by atoms with Crippen molar-refractivity contribution in [3.63, 3.8) is 0 Å². The lowest BCUT2D eigenvalue weighted by molar-refractivity contribution is 0.0607. The summed E-state index contributed by atoms with van der Waals surface area (Å²) in [6.45, 7) is 1.81. The summed E-state index contributed by atoms with van der Waals surface area (Å²) < 4.78 is 13.3. The van der Waals surface area contributed by atoms with Crippen LogP contribution in [0.15, 0.2) is 42.5 Å². The first-order valence-corrected chi connectivity index (χ1v) is 6.81. The highest BCUT2D eigenvalue weighted by Crippen LogP contribution is 2.16. The van der Waals surface area contributed by atoms with Gasteiger partial charge in [0.1, 0.15) is 5.82 Å². The van der Waals surface area contributed by atoms with Gasteiger partial charge in [0.25, 0.3) is 5.91 Å². The molecule has 0 aliphatic rings. The zero-order valence-electron chi connectivity index (χ0n) is 11.6. The molecule has 22 heavy (non-hydrogen) atoms. The van der Waals surface area contributed by atoms with Crippen molar-refractivity contribution in [1.29, 1.82) is 0 Å². The van der Waals surface area contributed by atoms with E-state index in [1.807, 2.05) is 13.0 Å². The molecule has 2 aromatic carbocycles. The maximum atomic E-state index is 13.3. The van der Waals surface area contributed by atoms with Crippen LogP contribution in [0.4, 0.5) is 4.39 Å². The lowest BCUT2D eigenvalue weighted by Crippen LogP contribution is -2.40. The van der Waals surface area contributed by atoms with E-state index in [9.17, 15) is 19.1 Å². The average molecular weight is 322 g/mol. The fraction of sp³-hybridized carbons (Fsp3) is 0.125. The number of carbonyl (C=O) groups excluding carboxylic acids is 2. The molecule has 0 bridgehead atoms. The molecule has 0 aliphatic heterocycles. The van der Waals surface area contributed by atoms with Gasteiger partial charge in [-0.1, -0.05) is 29.3 Å². The molecule has 114 valence electrons. The van der Waals surface area contributed by atoms with E-state index in [0.29, 0.717) is 5.56 Å². The summed E-state index contributed by atoms with van der Waals surface area (Å²) in [5.41, 5.74) is 1.10. The SMILES string of the molecule is Cc1cccc(C(=O)NC(O)C(=O)c2ccc(Cl)c(F)c2)c1. The first kappa shape index (κ1) is 16.1. The Bertz CT molecular complexity index is 733. The lowest BCUT2D eigenvalue weighted by Gasteiger charge is -2.12. The van der Waals surface area contributed by atoms with Crippen molar-refractivity contribution >= 4 is 23.3 Å². The number of amides is 1.